The van der Waals surface area contributed by atoms with Gasteiger partial charge in [0, 0.05) is 43.0 Å². The number of hydrazine groups is 1. The molecule has 2 heterocycles. The first-order chi connectivity index (χ1) is 9.49. The predicted molar refractivity (Wildman–Crippen MR) is 84.9 cm³/mol. The lowest BCUT2D eigenvalue weighted by Crippen LogP contribution is -2.53. The first-order valence-corrected chi connectivity index (χ1v) is 8.09. The van der Waals surface area contributed by atoms with Crippen LogP contribution in [0.25, 0.3) is 0 Å². The van der Waals surface area contributed by atoms with Crippen LogP contribution in [-0.2, 0) is 6.42 Å². The highest BCUT2D eigenvalue weighted by atomic mass is 32.1. The number of hydrogen-bond donors (Lipinski definition) is 2. The normalized spacial score (nSPS) is 23.1. The molecule has 2 unspecified atom stereocenters. The summed E-state index contributed by atoms with van der Waals surface area (Å²) >= 11 is 1.79. The van der Waals surface area contributed by atoms with Crippen LogP contribution in [0.15, 0.2) is 0 Å². The average molecular weight is 297 g/mol. The Hall–Kier alpha value is -0.530. The van der Waals surface area contributed by atoms with E-state index in [-0.39, 0.29) is 0 Å². The van der Waals surface area contributed by atoms with E-state index in [0.717, 1.165) is 38.2 Å². The van der Waals surface area contributed by atoms with Crippen molar-refractivity contribution in [3.05, 3.63) is 15.6 Å². The highest BCUT2D eigenvalue weighted by Gasteiger charge is 2.25. The Bertz CT molecular complexity index is 414. The number of likely N-dealkylation sites (N-methyl/N-ethyl adjacent to an activating group) is 2. The highest BCUT2D eigenvalue weighted by molar-refractivity contribution is 7.11. The second-order valence-corrected chi connectivity index (χ2v) is 7.24. The molecule has 0 bridgehead atoms. The monoisotopic (exact) mass is 297 g/mol. The minimum absolute atomic E-state index is 0.291. The molecule has 20 heavy (non-hydrogen) atoms. The van der Waals surface area contributed by atoms with Gasteiger partial charge in [0.25, 0.3) is 0 Å². The number of nitrogens with two attached hydrogens (primary N) is 1. The van der Waals surface area contributed by atoms with Crippen LogP contribution in [-0.4, -0.2) is 60.6 Å². The lowest BCUT2D eigenvalue weighted by molar-refractivity contribution is 0.101. The molecule has 3 N–H and O–H groups in total. The third kappa shape index (κ3) is 3.99. The van der Waals surface area contributed by atoms with Gasteiger partial charge in [0.15, 0.2) is 0 Å². The van der Waals surface area contributed by atoms with Crippen molar-refractivity contribution in [2.24, 2.45) is 5.84 Å². The van der Waals surface area contributed by atoms with E-state index in [1.807, 2.05) is 0 Å². The number of rotatable bonds is 5. The molecule has 0 radical (unpaired) electrons. The molecule has 1 aromatic heterocycles. The Labute approximate surface area is 126 Å². The zero-order valence-electron chi connectivity index (χ0n) is 13.0. The van der Waals surface area contributed by atoms with Crippen LogP contribution in [0, 0.1) is 13.8 Å². The van der Waals surface area contributed by atoms with Crippen LogP contribution in [0.3, 0.4) is 0 Å². The summed E-state index contributed by atoms with van der Waals surface area (Å²) in [5.41, 5.74) is 4.13. The van der Waals surface area contributed by atoms with Gasteiger partial charge in [-0.15, -0.1) is 11.3 Å². The number of aromatic nitrogens is 1. The van der Waals surface area contributed by atoms with E-state index in [9.17, 15) is 0 Å². The molecule has 0 aliphatic carbocycles. The van der Waals surface area contributed by atoms with Gasteiger partial charge < -0.3 is 9.80 Å². The van der Waals surface area contributed by atoms with Crippen molar-refractivity contribution in [1.82, 2.24) is 20.2 Å². The number of hydrogen-bond acceptors (Lipinski definition) is 6. The van der Waals surface area contributed by atoms with Gasteiger partial charge in [0.2, 0.25) is 0 Å². The molecule has 1 aliphatic heterocycles. The maximum atomic E-state index is 5.76. The Morgan fingerprint density at radius 2 is 2.15 bits per heavy atom. The van der Waals surface area contributed by atoms with Crippen LogP contribution in [0.1, 0.15) is 22.0 Å². The van der Waals surface area contributed by atoms with Crippen molar-refractivity contribution in [2.45, 2.75) is 38.8 Å². The van der Waals surface area contributed by atoms with Crippen LogP contribution in [0.2, 0.25) is 0 Å². The van der Waals surface area contributed by atoms with E-state index in [1.54, 1.807) is 11.3 Å². The molecule has 1 aromatic rings. The fourth-order valence-electron chi connectivity index (χ4n) is 2.73. The summed E-state index contributed by atoms with van der Waals surface area (Å²) < 4.78 is 0. The van der Waals surface area contributed by atoms with Crippen molar-refractivity contribution in [3.63, 3.8) is 0 Å². The van der Waals surface area contributed by atoms with E-state index in [1.165, 1.54) is 9.88 Å². The van der Waals surface area contributed by atoms with Crippen LogP contribution < -0.4 is 11.3 Å². The third-order valence-electron chi connectivity index (χ3n) is 4.27. The number of thiazole rings is 1. The Balaban J connectivity index is 1.94. The number of aryl methyl sites for hydroxylation is 2. The first kappa shape index (κ1) is 15.9. The molecule has 114 valence electrons. The lowest BCUT2D eigenvalue weighted by Gasteiger charge is -2.39. The molecule has 0 amide bonds. The Morgan fingerprint density at radius 1 is 1.40 bits per heavy atom. The van der Waals surface area contributed by atoms with Gasteiger partial charge in [-0.25, -0.2) is 4.98 Å². The van der Waals surface area contributed by atoms with E-state index in [2.05, 4.69) is 48.2 Å². The summed E-state index contributed by atoms with van der Waals surface area (Å²) in [6, 6.07) is 0.857. The van der Waals surface area contributed by atoms with Crippen molar-refractivity contribution in [3.8, 4) is 0 Å². The van der Waals surface area contributed by atoms with Crippen molar-refractivity contribution < 1.29 is 0 Å². The molecule has 5 nitrogen and oxygen atoms in total. The fourth-order valence-corrected chi connectivity index (χ4v) is 3.75. The van der Waals surface area contributed by atoms with E-state index in [0.29, 0.717) is 12.1 Å². The van der Waals surface area contributed by atoms with Crippen molar-refractivity contribution >= 4 is 11.3 Å². The van der Waals surface area contributed by atoms with E-state index < -0.39 is 0 Å². The fraction of sp³-hybridized carbons (Fsp3) is 0.786. The zero-order chi connectivity index (χ0) is 14.7. The SMILES string of the molecule is Cc1nc(CC(CC2CN(C)CCN2C)NN)sc1C. The number of nitrogens with one attached hydrogen (secondary N) is 1. The molecule has 0 spiro atoms. The number of nitrogens with zero attached hydrogens (tertiary/aromatic N) is 3. The van der Waals surface area contributed by atoms with E-state index in [4.69, 9.17) is 5.84 Å². The summed E-state index contributed by atoms with van der Waals surface area (Å²) in [5.74, 6) is 5.76. The second-order valence-electron chi connectivity index (χ2n) is 5.95. The van der Waals surface area contributed by atoms with Gasteiger partial charge >= 0.3 is 0 Å². The van der Waals surface area contributed by atoms with Gasteiger partial charge in [-0.1, -0.05) is 0 Å². The molecule has 0 saturated carbocycles. The smallest absolute Gasteiger partial charge is 0.0946 e. The standard InChI is InChI=1S/C14H27N5S/c1-10-11(2)20-14(16-10)8-12(17-15)7-13-9-18(3)5-6-19(13)4/h12-13,17H,5-9,15H2,1-4H3. The number of piperazine rings is 1. The minimum atomic E-state index is 0.291. The lowest BCUT2D eigenvalue weighted by atomic mass is 10.0. The van der Waals surface area contributed by atoms with Gasteiger partial charge in [-0.2, -0.15) is 0 Å². The Kier molecular flexibility index (Phi) is 5.51. The summed E-state index contributed by atoms with van der Waals surface area (Å²) in [7, 11) is 4.40. The summed E-state index contributed by atoms with van der Waals surface area (Å²) in [6.07, 6.45) is 1.99. The molecule has 6 heteroatoms. The highest BCUT2D eigenvalue weighted by Crippen LogP contribution is 2.20. The molecule has 1 aliphatic rings. The van der Waals surface area contributed by atoms with Crippen LogP contribution in [0.5, 0.6) is 0 Å². The second kappa shape index (κ2) is 6.95. The summed E-state index contributed by atoms with van der Waals surface area (Å²) in [5, 5.41) is 1.19. The van der Waals surface area contributed by atoms with Gasteiger partial charge in [-0.05, 0) is 34.4 Å². The molecule has 2 rings (SSSR count). The van der Waals surface area contributed by atoms with Crippen LogP contribution in [0.4, 0.5) is 0 Å². The van der Waals surface area contributed by atoms with Crippen molar-refractivity contribution in [1.29, 1.82) is 0 Å². The minimum Gasteiger partial charge on any atom is -0.304 e. The maximum absolute atomic E-state index is 5.76. The maximum Gasteiger partial charge on any atom is 0.0946 e. The summed E-state index contributed by atoms with van der Waals surface area (Å²) in [6.45, 7) is 7.60. The zero-order valence-corrected chi connectivity index (χ0v) is 13.8. The average Bonchev–Trinajstić information content (AvgIpc) is 2.72. The van der Waals surface area contributed by atoms with Crippen molar-refractivity contribution in [2.75, 3.05) is 33.7 Å². The summed E-state index contributed by atoms with van der Waals surface area (Å²) in [4.78, 5) is 10.8. The van der Waals surface area contributed by atoms with Gasteiger partial charge in [0.05, 0.1) is 10.7 Å². The molecule has 0 aromatic carbocycles. The first-order valence-electron chi connectivity index (χ1n) is 7.27. The quantitative estimate of drug-likeness (QED) is 0.621. The van der Waals surface area contributed by atoms with Crippen LogP contribution >= 0.6 is 11.3 Å². The van der Waals surface area contributed by atoms with E-state index >= 15 is 0 Å². The molecule has 1 fully saturated rings. The van der Waals surface area contributed by atoms with Gasteiger partial charge in [-0.3, -0.25) is 11.3 Å². The Morgan fingerprint density at radius 3 is 2.75 bits per heavy atom. The predicted octanol–water partition coefficient (Wildman–Crippen LogP) is 0.770. The largest absolute Gasteiger partial charge is 0.304 e. The molecule has 2 atom stereocenters. The molecular weight excluding hydrogens is 270 g/mol. The molecular formula is C14H27N5S. The topological polar surface area (TPSA) is 57.4 Å². The van der Waals surface area contributed by atoms with Gasteiger partial charge in [0.1, 0.15) is 0 Å². The third-order valence-corrected chi connectivity index (χ3v) is 5.36. The molecule has 1 saturated heterocycles.